The van der Waals surface area contributed by atoms with Crippen LogP contribution in [-0.2, 0) is 0 Å². The summed E-state index contributed by atoms with van der Waals surface area (Å²) in [5.74, 6) is 0.784. The Morgan fingerprint density at radius 2 is 1.80 bits per heavy atom. The topological polar surface area (TPSA) is 82.5 Å². The Morgan fingerprint density at radius 3 is 2.48 bits per heavy atom. The molecular weight excluding hydrogens is 318 g/mol. The molecule has 2 aromatic rings. The molecule has 0 unspecified atom stereocenters. The molecule has 6 nitrogen and oxygen atoms in total. The average Bonchev–Trinajstić information content (AvgIpc) is 3.15. The normalized spacial score (nSPS) is 14.0. The first-order valence-electron chi connectivity index (χ1n) is 8.16. The third-order valence-electron chi connectivity index (χ3n) is 4.01. The number of benzene rings is 1. The summed E-state index contributed by atoms with van der Waals surface area (Å²) >= 11 is 0. The second kappa shape index (κ2) is 7.61. The van der Waals surface area contributed by atoms with Crippen LogP contribution < -0.4 is 10.2 Å². The number of rotatable bonds is 5. The van der Waals surface area contributed by atoms with E-state index in [1.54, 1.807) is 30.3 Å². The van der Waals surface area contributed by atoms with Gasteiger partial charge in [-0.25, -0.2) is 9.78 Å². The van der Waals surface area contributed by atoms with Gasteiger partial charge in [0.2, 0.25) is 0 Å². The number of hydrogen-bond acceptors (Lipinski definition) is 4. The highest BCUT2D eigenvalue weighted by Gasteiger charge is 2.13. The van der Waals surface area contributed by atoms with Crippen molar-refractivity contribution < 1.29 is 14.7 Å². The van der Waals surface area contributed by atoms with Crippen LogP contribution in [0.15, 0.2) is 48.5 Å². The quantitative estimate of drug-likeness (QED) is 0.642. The van der Waals surface area contributed by atoms with Crippen molar-refractivity contribution in [3.63, 3.8) is 0 Å². The zero-order chi connectivity index (χ0) is 17.6. The molecule has 1 saturated heterocycles. The number of allylic oxidation sites excluding steroid dienone is 1. The molecule has 1 aromatic carbocycles. The van der Waals surface area contributed by atoms with E-state index in [0.29, 0.717) is 11.3 Å². The van der Waals surface area contributed by atoms with Crippen LogP contribution in [0.1, 0.15) is 28.9 Å². The van der Waals surface area contributed by atoms with Gasteiger partial charge in [-0.1, -0.05) is 6.07 Å². The molecule has 128 valence electrons. The van der Waals surface area contributed by atoms with Gasteiger partial charge < -0.3 is 10.0 Å². The van der Waals surface area contributed by atoms with E-state index in [-0.39, 0.29) is 5.78 Å². The standard InChI is InChI=1S/C19H19N3O3/c23-17(14-6-8-16(9-7-14)21-19(24)25)11-10-15-4-3-5-18(20-15)22-12-1-2-13-22/h3-11,21H,1-2,12-13H2,(H,24,25). The average molecular weight is 337 g/mol. The highest BCUT2D eigenvalue weighted by Crippen LogP contribution is 2.18. The second-order valence-electron chi connectivity index (χ2n) is 5.82. The SMILES string of the molecule is O=C(O)Nc1ccc(C(=O)C=Cc2cccc(N3CCCC3)n2)cc1. The highest BCUT2D eigenvalue weighted by atomic mass is 16.4. The highest BCUT2D eigenvalue weighted by molar-refractivity contribution is 6.07. The van der Waals surface area contributed by atoms with Crippen molar-refractivity contribution in [1.29, 1.82) is 0 Å². The van der Waals surface area contributed by atoms with E-state index in [1.165, 1.54) is 18.9 Å². The number of carboxylic acid groups (broad SMARTS) is 1. The summed E-state index contributed by atoms with van der Waals surface area (Å²) in [4.78, 5) is 29.6. The number of aromatic nitrogens is 1. The number of nitrogens with one attached hydrogen (secondary N) is 1. The van der Waals surface area contributed by atoms with E-state index < -0.39 is 6.09 Å². The number of hydrogen-bond donors (Lipinski definition) is 2. The molecule has 3 rings (SSSR count). The minimum absolute atomic E-state index is 0.157. The molecular formula is C19H19N3O3. The molecule has 0 aliphatic carbocycles. The van der Waals surface area contributed by atoms with E-state index in [4.69, 9.17) is 5.11 Å². The Hall–Kier alpha value is -3.15. The smallest absolute Gasteiger partial charge is 0.409 e. The van der Waals surface area contributed by atoms with Crippen LogP contribution in [0.4, 0.5) is 16.3 Å². The van der Waals surface area contributed by atoms with Crippen LogP contribution in [0, 0.1) is 0 Å². The van der Waals surface area contributed by atoms with E-state index in [0.717, 1.165) is 24.6 Å². The van der Waals surface area contributed by atoms with Gasteiger partial charge in [-0.3, -0.25) is 10.1 Å². The molecule has 0 atom stereocenters. The van der Waals surface area contributed by atoms with Gasteiger partial charge in [0.25, 0.3) is 0 Å². The maximum atomic E-state index is 12.2. The predicted molar refractivity (Wildman–Crippen MR) is 97.1 cm³/mol. The maximum absolute atomic E-state index is 12.2. The number of nitrogens with zero attached hydrogens (tertiary/aromatic N) is 2. The van der Waals surface area contributed by atoms with Crippen LogP contribution in [0.5, 0.6) is 0 Å². The van der Waals surface area contributed by atoms with Crippen LogP contribution >= 0.6 is 0 Å². The summed E-state index contributed by atoms with van der Waals surface area (Å²) in [5, 5.41) is 10.9. The van der Waals surface area contributed by atoms with E-state index in [2.05, 4.69) is 15.2 Å². The zero-order valence-electron chi connectivity index (χ0n) is 13.7. The lowest BCUT2D eigenvalue weighted by atomic mass is 10.1. The molecule has 1 aliphatic heterocycles. The first-order chi connectivity index (χ1) is 12.1. The van der Waals surface area contributed by atoms with Crippen LogP contribution in [-0.4, -0.2) is 35.1 Å². The van der Waals surface area contributed by atoms with Crippen molar-refractivity contribution in [2.45, 2.75) is 12.8 Å². The maximum Gasteiger partial charge on any atom is 0.409 e. The summed E-state index contributed by atoms with van der Waals surface area (Å²) in [7, 11) is 0. The van der Waals surface area contributed by atoms with Crippen molar-refractivity contribution in [2.75, 3.05) is 23.3 Å². The molecule has 2 N–H and O–H groups in total. The lowest BCUT2D eigenvalue weighted by Gasteiger charge is -2.16. The van der Waals surface area contributed by atoms with Crippen molar-refractivity contribution in [1.82, 2.24) is 4.98 Å². The number of ketones is 1. The van der Waals surface area contributed by atoms with E-state index in [1.807, 2.05) is 18.2 Å². The molecule has 0 radical (unpaired) electrons. The molecule has 1 aliphatic rings. The third kappa shape index (κ3) is 4.44. The third-order valence-corrected chi connectivity index (χ3v) is 4.01. The first-order valence-corrected chi connectivity index (χ1v) is 8.16. The largest absolute Gasteiger partial charge is 0.465 e. The van der Waals surface area contributed by atoms with Gasteiger partial charge in [0, 0.05) is 24.3 Å². The molecule has 1 amide bonds. The van der Waals surface area contributed by atoms with E-state index in [9.17, 15) is 9.59 Å². The fraction of sp³-hybridized carbons (Fsp3) is 0.211. The molecule has 0 bridgehead atoms. The Morgan fingerprint density at radius 1 is 1.08 bits per heavy atom. The first kappa shape index (κ1) is 16.7. The lowest BCUT2D eigenvalue weighted by Crippen LogP contribution is -2.18. The van der Waals surface area contributed by atoms with Crippen LogP contribution in [0.25, 0.3) is 6.08 Å². The number of anilines is 2. The predicted octanol–water partition coefficient (Wildman–Crippen LogP) is 3.67. The lowest BCUT2D eigenvalue weighted by molar-refractivity contribution is 0.104. The fourth-order valence-electron chi connectivity index (χ4n) is 2.75. The van der Waals surface area contributed by atoms with Gasteiger partial charge in [0.1, 0.15) is 5.82 Å². The summed E-state index contributed by atoms with van der Waals surface area (Å²) < 4.78 is 0. The second-order valence-corrected chi connectivity index (χ2v) is 5.82. The van der Waals surface area contributed by atoms with Gasteiger partial charge in [-0.15, -0.1) is 0 Å². The van der Waals surface area contributed by atoms with Gasteiger partial charge in [-0.05, 0) is 61.4 Å². The van der Waals surface area contributed by atoms with Crippen molar-refractivity contribution in [3.05, 3.63) is 59.8 Å². The molecule has 1 aromatic heterocycles. The van der Waals surface area contributed by atoms with Gasteiger partial charge in [-0.2, -0.15) is 0 Å². The van der Waals surface area contributed by atoms with Gasteiger partial charge in [0.15, 0.2) is 5.78 Å². The Labute approximate surface area is 145 Å². The molecule has 0 spiro atoms. The van der Waals surface area contributed by atoms with Crippen LogP contribution in [0.3, 0.4) is 0 Å². The molecule has 6 heteroatoms. The van der Waals surface area contributed by atoms with Crippen molar-refractivity contribution in [3.8, 4) is 0 Å². The summed E-state index contributed by atoms with van der Waals surface area (Å²) in [5.41, 5.74) is 1.65. The summed E-state index contributed by atoms with van der Waals surface area (Å²) in [6.45, 7) is 2.05. The molecule has 2 heterocycles. The number of pyridine rings is 1. The van der Waals surface area contributed by atoms with Crippen molar-refractivity contribution in [2.24, 2.45) is 0 Å². The van der Waals surface area contributed by atoms with Gasteiger partial charge in [0.05, 0.1) is 5.69 Å². The monoisotopic (exact) mass is 337 g/mol. The number of carbonyl (C=O) groups is 2. The van der Waals surface area contributed by atoms with E-state index >= 15 is 0 Å². The minimum Gasteiger partial charge on any atom is -0.465 e. The Balaban J connectivity index is 1.67. The van der Waals surface area contributed by atoms with Crippen molar-refractivity contribution >= 4 is 29.5 Å². The Bertz CT molecular complexity index is 794. The van der Waals surface area contributed by atoms with Gasteiger partial charge >= 0.3 is 6.09 Å². The minimum atomic E-state index is -1.14. The zero-order valence-corrected chi connectivity index (χ0v) is 13.7. The number of amides is 1. The Kier molecular flexibility index (Phi) is 5.09. The summed E-state index contributed by atoms with van der Waals surface area (Å²) in [6, 6.07) is 12.1. The molecule has 25 heavy (non-hydrogen) atoms. The number of carbonyl (C=O) groups excluding carboxylic acids is 1. The molecule has 1 fully saturated rings. The molecule has 0 saturated carbocycles. The van der Waals surface area contributed by atoms with Crippen LogP contribution in [0.2, 0.25) is 0 Å². The summed E-state index contributed by atoms with van der Waals surface area (Å²) in [6.07, 6.45) is 4.42. The fourth-order valence-corrected chi connectivity index (χ4v) is 2.75.